The Labute approximate surface area is 128 Å². The molecule has 1 heterocycles. The second-order valence-corrected chi connectivity index (χ2v) is 4.48. The van der Waals surface area contributed by atoms with Crippen LogP contribution in [0, 0.1) is 0 Å². The van der Waals surface area contributed by atoms with E-state index in [0.717, 1.165) is 5.56 Å². The molecule has 0 saturated heterocycles. The van der Waals surface area contributed by atoms with Crippen LogP contribution < -0.4 is 5.32 Å². The number of benzene rings is 1. The number of rotatable bonds is 6. The van der Waals surface area contributed by atoms with Crippen molar-refractivity contribution in [2.45, 2.75) is 0 Å². The van der Waals surface area contributed by atoms with Gasteiger partial charge in [0.05, 0.1) is 19.3 Å². The molecule has 22 heavy (non-hydrogen) atoms. The van der Waals surface area contributed by atoms with Gasteiger partial charge in [-0.2, -0.15) is 0 Å². The lowest BCUT2D eigenvalue weighted by atomic mass is 10.1. The lowest BCUT2D eigenvalue weighted by molar-refractivity contribution is 0.0600. The van der Waals surface area contributed by atoms with E-state index < -0.39 is 5.97 Å². The first-order valence-electron chi connectivity index (χ1n) is 6.71. The largest absolute Gasteiger partial charge is 0.465 e. The van der Waals surface area contributed by atoms with Crippen LogP contribution >= 0.6 is 0 Å². The predicted octanol–water partition coefficient (Wildman–Crippen LogP) is 2.11. The number of carbonyl (C=O) groups is 2. The third-order valence-electron chi connectivity index (χ3n) is 3.01. The monoisotopic (exact) mass is 303 g/mol. The first kappa shape index (κ1) is 15.8. The van der Waals surface area contributed by atoms with Gasteiger partial charge in [0.15, 0.2) is 5.76 Å². The van der Waals surface area contributed by atoms with Crippen LogP contribution in [0.25, 0.3) is 11.3 Å². The Morgan fingerprint density at radius 2 is 1.82 bits per heavy atom. The molecule has 1 amide bonds. The minimum atomic E-state index is -0.399. The van der Waals surface area contributed by atoms with E-state index in [1.54, 1.807) is 43.5 Å². The molecule has 0 aliphatic rings. The van der Waals surface area contributed by atoms with Gasteiger partial charge in [0.2, 0.25) is 0 Å². The number of carbonyl (C=O) groups excluding carboxylic acids is 2. The number of hydrogen-bond donors (Lipinski definition) is 1. The number of esters is 1. The van der Waals surface area contributed by atoms with Crippen LogP contribution in [0.1, 0.15) is 20.9 Å². The van der Waals surface area contributed by atoms with Crippen molar-refractivity contribution in [2.75, 3.05) is 27.4 Å². The quantitative estimate of drug-likeness (QED) is 0.653. The summed E-state index contributed by atoms with van der Waals surface area (Å²) in [5.74, 6) is 0.0788. The maximum atomic E-state index is 11.8. The molecule has 0 unspecified atom stereocenters. The van der Waals surface area contributed by atoms with Gasteiger partial charge in [0.1, 0.15) is 5.76 Å². The minimum absolute atomic E-state index is 0.225. The molecule has 1 N–H and O–H groups in total. The summed E-state index contributed by atoms with van der Waals surface area (Å²) < 4.78 is 15.0. The van der Waals surface area contributed by atoms with Gasteiger partial charge in [-0.15, -0.1) is 0 Å². The van der Waals surface area contributed by atoms with Crippen molar-refractivity contribution in [1.29, 1.82) is 0 Å². The summed E-state index contributed by atoms with van der Waals surface area (Å²) in [6.45, 7) is 0.855. The fraction of sp³-hybridized carbons (Fsp3) is 0.250. The number of furan rings is 1. The molecule has 1 aromatic heterocycles. The number of methoxy groups -OCH3 is 2. The minimum Gasteiger partial charge on any atom is -0.465 e. The smallest absolute Gasteiger partial charge is 0.337 e. The highest BCUT2D eigenvalue weighted by Gasteiger charge is 2.12. The van der Waals surface area contributed by atoms with Gasteiger partial charge in [-0.05, 0) is 24.3 Å². The molecular formula is C16H17NO5. The van der Waals surface area contributed by atoms with Crippen LogP contribution in [0.2, 0.25) is 0 Å². The summed E-state index contributed by atoms with van der Waals surface area (Å²) in [7, 11) is 2.90. The molecule has 2 aromatic rings. The average Bonchev–Trinajstić information content (AvgIpc) is 3.04. The second kappa shape index (κ2) is 7.42. The van der Waals surface area contributed by atoms with Gasteiger partial charge in [0, 0.05) is 19.2 Å². The van der Waals surface area contributed by atoms with E-state index in [0.29, 0.717) is 24.5 Å². The van der Waals surface area contributed by atoms with Crippen molar-refractivity contribution in [3.05, 3.63) is 47.7 Å². The Kier molecular flexibility index (Phi) is 5.32. The Morgan fingerprint density at radius 3 is 2.45 bits per heavy atom. The van der Waals surface area contributed by atoms with Crippen molar-refractivity contribution in [3.63, 3.8) is 0 Å². The maximum Gasteiger partial charge on any atom is 0.337 e. The molecule has 0 saturated carbocycles. The molecule has 1 aromatic carbocycles. The zero-order valence-corrected chi connectivity index (χ0v) is 12.4. The van der Waals surface area contributed by atoms with Gasteiger partial charge >= 0.3 is 5.97 Å². The van der Waals surface area contributed by atoms with E-state index in [4.69, 9.17) is 9.15 Å². The lowest BCUT2D eigenvalue weighted by Crippen LogP contribution is -2.26. The fourth-order valence-corrected chi connectivity index (χ4v) is 1.86. The number of nitrogens with one attached hydrogen (secondary N) is 1. The maximum absolute atomic E-state index is 11.8. The highest BCUT2D eigenvalue weighted by atomic mass is 16.5. The number of hydrogen-bond acceptors (Lipinski definition) is 5. The van der Waals surface area contributed by atoms with Crippen LogP contribution in [0.5, 0.6) is 0 Å². The lowest BCUT2D eigenvalue weighted by Gasteiger charge is -2.02. The molecule has 0 radical (unpaired) electrons. The summed E-state index contributed by atoms with van der Waals surface area (Å²) in [6, 6.07) is 10.1. The fourth-order valence-electron chi connectivity index (χ4n) is 1.86. The average molecular weight is 303 g/mol. The van der Waals surface area contributed by atoms with Gasteiger partial charge in [-0.3, -0.25) is 4.79 Å². The molecule has 0 spiro atoms. The molecular weight excluding hydrogens is 286 g/mol. The Balaban J connectivity index is 2.07. The SMILES string of the molecule is COCCNC(=O)c1ccc(-c2ccc(C(=O)OC)cc2)o1. The van der Waals surface area contributed by atoms with Crippen LogP contribution in [-0.4, -0.2) is 39.2 Å². The van der Waals surface area contributed by atoms with Crippen LogP contribution in [0.4, 0.5) is 0 Å². The number of amides is 1. The summed E-state index contributed by atoms with van der Waals surface area (Å²) in [5, 5.41) is 2.68. The molecule has 0 aliphatic heterocycles. The first-order chi connectivity index (χ1) is 10.7. The van der Waals surface area contributed by atoms with Crippen molar-refractivity contribution < 1.29 is 23.5 Å². The van der Waals surface area contributed by atoms with Crippen LogP contribution in [0.15, 0.2) is 40.8 Å². The standard InChI is InChI=1S/C16H17NO5/c1-20-10-9-17-15(18)14-8-7-13(22-14)11-3-5-12(6-4-11)16(19)21-2/h3-8H,9-10H2,1-2H3,(H,17,18). The molecule has 0 aliphatic carbocycles. The summed E-state index contributed by atoms with van der Waals surface area (Å²) >= 11 is 0. The van der Waals surface area contributed by atoms with Gasteiger partial charge in [-0.25, -0.2) is 4.79 Å². The van der Waals surface area contributed by atoms with Gasteiger partial charge in [0.25, 0.3) is 5.91 Å². The molecule has 0 fully saturated rings. The Bertz CT molecular complexity index is 645. The van der Waals surface area contributed by atoms with Crippen LogP contribution in [-0.2, 0) is 9.47 Å². The van der Waals surface area contributed by atoms with E-state index in [-0.39, 0.29) is 11.7 Å². The van der Waals surface area contributed by atoms with E-state index in [1.165, 1.54) is 7.11 Å². The van der Waals surface area contributed by atoms with Gasteiger partial charge in [-0.1, -0.05) is 12.1 Å². The van der Waals surface area contributed by atoms with Crippen LogP contribution in [0.3, 0.4) is 0 Å². The zero-order valence-electron chi connectivity index (χ0n) is 12.4. The van der Waals surface area contributed by atoms with Crippen molar-refractivity contribution >= 4 is 11.9 Å². The van der Waals surface area contributed by atoms with Crippen molar-refractivity contribution in [2.24, 2.45) is 0 Å². The summed E-state index contributed by atoms with van der Waals surface area (Å²) in [6.07, 6.45) is 0. The highest BCUT2D eigenvalue weighted by molar-refractivity contribution is 5.92. The highest BCUT2D eigenvalue weighted by Crippen LogP contribution is 2.22. The summed E-state index contributed by atoms with van der Waals surface area (Å²) in [5.41, 5.74) is 1.22. The topological polar surface area (TPSA) is 77.8 Å². The normalized spacial score (nSPS) is 10.3. The molecule has 6 heteroatoms. The molecule has 116 valence electrons. The summed E-state index contributed by atoms with van der Waals surface area (Å²) in [4.78, 5) is 23.2. The molecule has 0 bridgehead atoms. The van der Waals surface area contributed by atoms with E-state index in [2.05, 4.69) is 10.1 Å². The Morgan fingerprint density at radius 1 is 1.09 bits per heavy atom. The zero-order chi connectivity index (χ0) is 15.9. The second-order valence-electron chi connectivity index (χ2n) is 4.48. The molecule has 2 rings (SSSR count). The van der Waals surface area contributed by atoms with E-state index in [1.807, 2.05) is 0 Å². The Hall–Kier alpha value is -2.60. The molecule has 6 nitrogen and oxygen atoms in total. The predicted molar refractivity (Wildman–Crippen MR) is 79.7 cm³/mol. The van der Waals surface area contributed by atoms with E-state index >= 15 is 0 Å². The first-order valence-corrected chi connectivity index (χ1v) is 6.71. The molecule has 0 atom stereocenters. The van der Waals surface area contributed by atoms with Gasteiger partial charge < -0.3 is 19.2 Å². The number of ether oxygens (including phenoxy) is 2. The third-order valence-corrected chi connectivity index (χ3v) is 3.01. The third kappa shape index (κ3) is 3.73. The van der Waals surface area contributed by atoms with Crippen molar-refractivity contribution in [3.8, 4) is 11.3 Å². The van der Waals surface area contributed by atoms with E-state index in [9.17, 15) is 9.59 Å². The van der Waals surface area contributed by atoms with Crippen molar-refractivity contribution in [1.82, 2.24) is 5.32 Å².